The Bertz CT molecular complexity index is 165. The van der Waals surface area contributed by atoms with Gasteiger partial charge in [0.15, 0.2) is 0 Å². The van der Waals surface area contributed by atoms with Crippen molar-refractivity contribution in [1.82, 2.24) is 5.32 Å². The molecule has 0 saturated heterocycles. The van der Waals surface area contributed by atoms with E-state index in [0.717, 1.165) is 13.2 Å². The SMILES string of the molecule is COCCOC1(CNC(C)C)CCCC1. The average molecular weight is 215 g/mol. The Morgan fingerprint density at radius 3 is 2.40 bits per heavy atom. The molecule has 1 fully saturated rings. The van der Waals surface area contributed by atoms with Crippen LogP contribution in [0, 0.1) is 0 Å². The molecule has 0 heterocycles. The number of hydrogen-bond acceptors (Lipinski definition) is 3. The Morgan fingerprint density at radius 1 is 1.20 bits per heavy atom. The quantitative estimate of drug-likeness (QED) is 0.659. The van der Waals surface area contributed by atoms with Gasteiger partial charge in [0, 0.05) is 19.7 Å². The molecule has 0 aliphatic heterocycles. The van der Waals surface area contributed by atoms with Crippen molar-refractivity contribution in [1.29, 1.82) is 0 Å². The fraction of sp³-hybridized carbons (Fsp3) is 1.00. The summed E-state index contributed by atoms with van der Waals surface area (Å²) in [6, 6.07) is 0.536. The summed E-state index contributed by atoms with van der Waals surface area (Å²) >= 11 is 0. The molecule has 0 spiro atoms. The highest BCUT2D eigenvalue weighted by atomic mass is 16.5. The van der Waals surface area contributed by atoms with Crippen LogP contribution in [-0.4, -0.2) is 38.5 Å². The summed E-state index contributed by atoms with van der Waals surface area (Å²) < 4.78 is 11.0. The highest BCUT2D eigenvalue weighted by Gasteiger charge is 2.34. The summed E-state index contributed by atoms with van der Waals surface area (Å²) in [6.07, 6.45) is 4.98. The van der Waals surface area contributed by atoms with E-state index in [1.54, 1.807) is 7.11 Å². The molecule has 0 aromatic carbocycles. The van der Waals surface area contributed by atoms with E-state index in [0.29, 0.717) is 12.6 Å². The van der Waals surface area contributed by atoms with Crippen molar-refractivity contribution in [2.45, 2.75) is 51.2 Å². The van der Waals surface area contributed by atoms with Crippen LogP contribution in [0.1, 0.15) is 39.5 Å². The van der Waals surface area contributed by atoms with Gasteiger partial charge in [0.05, 0.1) is 18.8 Å². The zero-order valence-electron chi connectivity index (χ0n) is 10.3. The smallest absolute Gasteiger partial charge is 0.0807 e. The maximum absolute atomic E-state index is 5.99. The largest absolute Gasteiger partial charge is 0.382 e. The second-order valence-corrected chi connectivity index (χ2v) is 4.77. The molecule has 1 rings (SSSR count). The molecule has 0 atom stereocenters. The van der Waals surface area contributed by atoms with Crippen LogP contribution in [0.4, 0.5) is 0 Å². The molecule has 0 unspecified atom stereocenters. The van der Waals surface area contributed by atoms with Crippen molar-refractivity contribution < 1.29 is 9.47 Å². The summed E-state index contributed by atoms with van der Waals surface area (Å²) in [4.78, 5) is 0. The maximum Gasteiger partial charge on any atom is 0.0807 e. The van der Waals surface area contributed by atoms with Gasteiger partial charge in [0.25, 0.3) is 0 Å². The maximum atomic E-state index is 5.99. The Kier molecular flexibility index (Phi) is 5.58. The molecule has 1 aliphatic rings. The van der Waals surface area contributed by atoms with Crippen LogP contribution in [0.15, 0.2) is 0 Å². The second kappa shape index (κ2) is 6.46. The summed E-state index contributed by atoms with van der Waals surface area (Å²) in [6.45, 7) is 6.75. The fourth-order valence-electron chi connectivity index (χ4n) is 2.12. The van der Waals surface area contributed by atoms with Crippen molar-refractivity contribution in [3.8, 4) is 0 Å². The van der Waals surface area contributed by atoms with Gasteiger partial charge >= 0.3 is 0 Å². The Morgan fingerprint density at radius 2 is 1.87 bits per heavy atom. The van der Waals surface area contributed by atoms with E-state index in [4.69, 9.17) is 9.47 Å². The van der Waals surface area contributed by atoms with Gasteiger partial charge in [-0.3, -0.25) is 0 Å². The summed E-state index contributed by atoms with van der Waals surface area (Å²) in [5, 5.41) is 3.49. The van der Waals surface area contributed by atoms with Gasteiger partial charge in [-0.1, -0.05) is 26.7 Å². The minimum Gasteiger partial charge on any atom is -0.382 e. The van der Waals surface area contributed by atoms with Crippen LogP contribution in [0.2, 0.25) is 0 Å². The van der Waals surface area contributed by atoms with Gasteiger partial charge in [-0.05, 0) is 12.8 Å². The van der Waals surface area contributed by atoms with Gasteiger partial charge in [-0.15, -0.1) is 0 Å². The first kappa shape index (κ1) is 12.9. The Balaban J connectivity index is 2.32. The van der Waals surface area contributed by atoms with Gasteiger partial charge < -0.3 is 14.8 Å². The normalized spacial score (nSPS) is 20.0. The molecule has 0 aromatic heterocycles. The third kappa shape index (κ3) is 4.49. The number of nitrogens with one attached hydrogen (secondary N) is 1. The van der Waals surface area contributed by atoms with Crippen molar-refractivity contribution in [2.24, 2.45) is 0 Å². The van der Waals surface area contributed by atoms with Crippen molar-refractivity contribution in [3.63, 3.8) is 0 Å². The third-order valence-corrected chi connectivity index (χ3v) is 3.04. The highest BCUT2D eigenvalue weighted by Crippen LogP contribution is 2.32. The first-order valence-corrected chi connectivity index (χ1v) is 6.05. The molecule has 3 heteroatoms. The third-order valence-electron chi connectivity index (χ3n) is 3.04. The predicted molar refractivity (Wildman–Crippen MR) is 62.2 cm³/mol. The minimum absolute atomic E-state index is 0.0861. The predicted octanol–water partition coefficient (Wildman–Crippen LogP) is 1.96. The summed E-state index contributed by atoms with van der Waals surface area (Å²) in [5.74, 6) is 0. The van der Waals surface area contributed by atoms with Crippen molar-refractivity contribution in [2.75, 3.05) is 26.9 Å². The topological polar surface area (TPSA) is 30.5 Å². The van der Waals surface area contributed by atoms with E-state index in [1.165, 1.54) is 25.7 Å². The molecule has 3 nitrogen and oxygen atoms in total. The molecular weight excluding hydrogens is 190 g/mol. The molecule has 0 amide bonds. The zero-order valence-corrected chi connectivity index (χ0v) is 10.3. The van der Waals surface area contributed by atoms with E-state index >= 15 is 0 Å². The van der Waals surface area contributed by atoms with E-state index in [1.807, 2.05) is 0 Å². The molecular formula is C12H25NO2. The van der Waals surface area contributed by atoms with Gasteiger partial charge in [-0.2, -0.15) is 0 Å². The first-order valence-electron chi connectivity index (χ1n) is 6.05. The lowest BCUT2D eigenvalue weighted by Crippen LogP contribution is -2.43. The highest BCUT2D eigenvalue weighted by molar-refractivity contribution is 4.89. The van der Waals surface area contributed by atoms with Gasteiger partial charge in [0.1, 0.15) is 0 Å². The average Bonchev–Trinajstić information content (AvgIpc) is 2.65. The summed E-state index contributed by atoms with van der Waals surface area (Å²) in [5.41, 5.74) is 0.0861. The van der Waals surface area contributed by atoms with Crippen LogP contribution >= 0.6 is 0 Å². The molecule has 1 aliphatic carbocycles. The molecule has 90 valence electrons. The molecule has 0 radical (unpaired) electrons. The molecule has 1 N–H and O–H groups in total. The van der Waals surface area contributed by atoms with Crippen LogP contribution in [0.5, 0.6) is 0 Å². The molecule has 1 saturated carbocycles. The number of rotatable bonds is 7. The molecule has 0 aromatic rings. The number of methoxy groups -OCH3 is 1. The van der Waals surface area contributed by atoms with Crippen LogP contribution < -0.4 is 5.32 Å². The van der Waals surface area contributed by atoms with Crippen LogP contribution in [0.25, 0.3) is 0 Å². The van der Waals surface area contributed by atoms with E-state index < -0.39 is 0 Å². The first-order chi connectivity index (χ1) is 7.18. The Hall–Kier alpha value is -0.120. The van der Waals surface area contributed by atoms with Crippen LogP contribution in [-0.2, 0) is 9.47 Å². The molecule has 15 heavy (non-hydrogen) atoms. The van der Waals surface area contributed by atoms with E-state index in [-0.39, 0.29) is 5.60 Å². The monoisotopic (exact) mass is 215 g/mol. The number of ether oxygens (including phenoxy) is 2. The van der Waals surface area contributed by atoms with Gasteiger partial charge in [-0.25, -0.2) is 0 Å². The lowest BCUT2D eigenvalue weighted by atomic mass is 10.0. The van der Waals surface area contributed by atoms with Crippen LogP contribution in [0.3, 0.4) is 0 Å². The van der Waals surface area contributed by atoms with Gasteiger partial charge in [0.2, 0.25) is 0 Å². The lowest BCUT2D eigenvalue weighted by Gasteiger charge is -2.30. The fourth-order valence-corrected chi connectivity index (χ4v) is 2.12. The zero-order chi connectivity index (χ0) is 11.1. The van der Waals surface area contributed by atoms with E-state index in [9.17, 15) is 0 Å². The lowest BCUT2D eigenvalue weighted by molar-refractivity contribution is -0.0581. The number of hydrogen-bond donors (Lipinski definition) is 1. The Labute approximate surface area is 93.5 Å². The van der Waals surface area contributed by atoms with Crippen molar-refractivity contribution >= 4 is 0 Å². The minimum atomic E-state index is 0.0861. The van der Waals surface area contributed by atoms with E-state index in [2.05, 4.69) is 19.2 Å². The summed E-state index contributed by atoms with van der Waals surface area (Å²) in [7, 11) is 1.72. The second-order valence-electron chi connectivity index (χ2n) is 4.77. The standard InChI is InChI=1S/C12H25NO2/c1-11(2)13-10-12(6-4-5-7-12)15-9-8-14-3/h11,13H,4-10H2,1-3H3. The van der Waals surface area contributed by atoms with Crippen molar-refractivity contribution in [3.05, 3.63) is 0 Å². The molecule has 0 bridgehead atoms.